The summed E-state index contributed by atoms with van der Waals surface area (Å²) in [4.78, 5) is 0. The quantitative estimate of drug-likeness (QED) is 0.621. The summed E-state index contributed by atoms with van der Waals surface area (Å²) in [5.41, 5.74) is 8.71. The largest absolute Gasteiger partial charge is 0.0550 e. The normalized spacial score (nSPS) is 11.1. The molecule has 0 N–H and O–H groups in total. The topological polar surface area (TPSA) is 0 Å². The van der Waals surface area contributed by atoms with Crippen molar-refractivity contribution in [2.75, 3.05) is 0 Å². The van der Waals surface area contributed by atoms with Crippen LogP contribution in [0.1, 0.15) is 47.2 Å². The van der Waals surface area contributed by atoms with Crippen LogP contribution in [0.3, 0.4) is 0 Å². The maximum atomic E-state index is 2.23. The van der Waals surface area contributed by atoms with Gasteiger partial charge >= 0.3 is 0 Å². The average Bonchev–Trinajstić information content (AvgIpc) is 2.11. The Bertz CT molecular complexity index is 328. The molecule has 0 bridgehead atoms. The highest BCUT2D eigenvalue weighted by atomic mass is 14.2. The van der Waals surface area contributed by atoms with Crippen molar-refractivity contribution in [2.24, 2.45) is 0 Å². The molecule has 0 aromatic heterocycles. The summed E-state index contributed by atoms with van der Waals surface area (Å²) >= 11 is 0. The predicted octanol–water partition coefficient (Wildman–Crippen LogP) is 4.19. The second kappa shape index (κ2) is 3.76. The van der Waals surface area contributed by atoms with E-state index in [0.717, 1.165) is 0 Å². The Morgan fingerprint density at radius 1 is 0.571 bits per heavy atom. The Hall–Kier alpha value is -0.780. The minimum Gasteiger partial charge on any atom is -0.0550 e. The predicted molar refractivity (Wildman–Crippen MR) is 63.8 cm³/mol. The molecule has 0 atom stereocenters. The molecule has 1 aromatic rings. The van der Waals surface area contributed by atoms with Gasteiger partial charge < -0.3 is 0 Å². The number of hydrogen-bond acceptors (Lipinski definition) is 0. The molecule has 0 amide bonds. The van der Waals surface area contributed by atoms with Gasteiger partial charge in [-0.3, -0.25) is 0 Å². The van der Waals surface area contributed by atoms with Crippen LogP contribution in [0, 0.1) is 40.5 Å². The van der Waals surface area contributed by atoms with Gasteiger partial charge in [0.15, 0.2) is 0 Å². The maximum absolute atomic E-state index is 2.23. The summed E-state index contributed by atoms with van der Waals surface area (Å²) in [6, 6.07) is 0. The molecule has 0 saturated heterocycles. The molecule has 0 heterocycles. The van der Waals surface area contributed by atoms with Gasteiger partial charge in [-0.2, -0.15) is 0 Å². The van der Waals surface area contributed by atoms with Gasteiger partial charge in [0.25, 0.3) is 0 Å². The van der Waals surface area contributed by atoms with Crippen molar-refractivity contribution >= 4 is 0 Å². The lowest BCUT2D eigenvalue weighted by molar-refractivity contribution is 1.05. The summed E-state index contributed by atoms with van der Waals surface area (Å²) in [6.07, 6.45) is 0. The maximum Gasteiger partial charge on any atom is -0.000640 e. The lowest BCUT2D eigenvalue weighted by Crippen LogP contribution is -2.04. The Balaban J connectivity index is 3.60. The zero-order valence-corrected chi connectivity index (χ0v) is 10.5. The first-order chi connectivity index (χ1) is 6.37. The van der Waals surface area contributed by atoms with Crippen molar-refractivity contribution in [1.29, 1.82) is 0 Å². The lowest BCUT2D eigenvalue weighted by atomic mass is 9.85. The van der Waals surface area contributed by atoms with Crippen LogP contribution < -0.4 is 0 Å². The molecule has 0 saturated carbocycles. The van der Waals surface area contributed by atoms with Crippen molar-refractivity contribution in [3.8, 4) is 0 Å². The standard InChI is InChI=1S/C14H21/c1-8(2)14-12(6)10(4)9(3)11(5)13(14)7/h1-7H3. The third kappa shape index (κ3) is 1.58. The van der Waals surface area contributed by atoms with Crippen molar-refractivity contribution in [2.45, 2.75) is 48.5 Å². The van der Waals surface area contributed by atoms with Gasteiger partial charge in [-0.05, 0) is 73.9 Å². The zero-order chi connectivity index (χ0) is 11.0. The summed E-state index contributed by atoms with van der Waals surface area (Å²) in [6.45, 7) is 15.5. The highest BCUT2D eigenvalue weighted by Crippen LogP contribution is 2.30. The fourth-order valence-electron chi connectivity index (χ4n) is 2.25. The molecule has 14 heavy (non-hydrogen) atoms. The van der Waals surface area contributed by atoms with Crippen LogP contribution in [0.2, 0.25) is 0 Å². The molecule has 1 aromatic carbocycles. The third-order valence-corrected chi connectivity index (χ3v) is 3.50. The minimum atomic E-state index is 1.42. The summed E-state index contributed by atoms with van der Waals surface area (Å²) in [5, 5.41) is 0. The molecule has 0 unspecified atom stereocenters. The first-order valence-electron chi connectivity index (χ1n) is 5.25. The molecule has 0 spiro atoms. The van der Waals surface area contributed by atoms with Crippen LogP contribution in [-0.2, 0) is 0 Å². The van der Waals surface area contributed by atoms with Crippen molar-refractivity contribution in [3.63, 3.8) is 0 Å². The summed E-state index contributed by atoms with van der Waals surface area (Å²) < 4.78 is 0. The van der Waals surface area contributed by atoms with Crippen molar-refractivity contribution < 1.29 is 0 Å². The highest BCUT2D eigenvalue weighted by Gasteiger charge is 2.14. The molecular formula is C14H21. The molecule has 1 radical (unpaired) electrons. The Morgan fingerprint density at radius 3 is 1.14 bits per heavy atom. The third-order valence-electron chi connectivity index (χ3n) is 3.50. The van der Waals surface area contributed by atoms with Gasteiger partial charge in [0, 0.05) is 0 Å². The fraction of sp³-hybridized carbons (Fsp3) is 0.500. The van der Waals surface area contributed by atoms with E-state index in [2.05, 4.69) is 48.5 Å². The van der Waals surface area contributed by atoms with E-state index >= 15 is 0 Å². The van der Waals surface area contributed by atoms with Crippen LogP contribution in [-0.4, -0.2) is 0 Å². The monoisotopic (exact) mass is 189 g/mol. The molecule has 0 aliphatic carbocycles. The molecule has 0 nitrogen and oxygen atoms in total. The lowest BCUT2D eigenvalue weighted by Gasteiger charge is -2.20. The van der Waals surface area contributed by atoms with Gasteiger partial charge in [-0.25, -0.2) is 0 Å². The van der Waals surface area contributed by atoms with Gasteiger partial charge in [-0.15, -0.1) is 0 Å². The van der Waals surface area contributed by atoms with E-state index < -0.39 is 0 Å². The molecular weight excluding hydrogens is 168 g/mol. The van der Waals surface area contributed by atoms with E-state index in [1.807, 2.05) is 0 Å². The molecule has 77 valence electrons. The smallest absolute Gasteiger partial charge is 0.000640 e. The van der Waals surface area contributed by atoms with Crippen LogP contribution in [0.5, 0.6) is 0 Å². The van der Waals surface area contributed by atoms with E-state index in [1.165, 1.54) is 39.3 Å². The van der Waals surface area contributed by atoms with Gasteiger partial charge in [-0.1, -0.05) is 13.8 Å². The average molecular weight is 189 g/mol. The first kappa shape index (κ1) is 11.3. The zero-order valence-electron chi connectivity index (χ0n) is 10.5. The molecule has 0 fully saturated rings. The number of benzene rings is 1. The Kier molecular flexibility index (Phi) is 3.04. The van der Waals surface area contributed by atoms with Crippen LogP contribution in [0.15, 0.2) is 0 Å². The number of rotatable bonds is 1. The highest BCUT2D eigenvalue weighted by molar-refractivity contribution is 5.53. The van der Waals surface area contributed by atoms with E-state index in [-0.39, 0.29) is 0 Å². The van der Waals surface area contributed by atoms with E-state index in [4.69, 9.17) is 0 Å². The summed E-state index contributed by atoms with van der Waals surface area (Å²) in [5.74, 6) is 1.42. The Morgan fingerprint density at radius 2 is 0.857 bits per heavy atom. The van der Waals surface area contributed by atoms with E-state index in [0.29, 0.717) is 0 Å². The second-order valence-corrected chi connectivity index (χ2v) is 4.50. The Labute approximate surface area is 88.4 Å². The number of hydrogen-bond donors (Lipinski definition) is 0. The van der Waals surface area contributed by atoms with Crippen LogP contribution >= 0.6 is 0 Å². The van der Waals surface area contributed by atoms with E-state index in [9.17, 15) is 0 Å². The van der Waals surface area contributed by atoms with Crippen LogP contribution in [0.4, 0.5) is 0 Å². The molecule has 0 aliphatic rings. The summed E-state index contributed by atoms with van der Waals surface area (Å²) in [7, 11) is 0. The molecule has 0 aliphatic heterocycles. The first-order valence-corrected chi connectivity index (χ1v) is 5.25. The fourth-order valence-corrected chi connectivity index (χ4v) is 2.25. The second-order valence-electron chi connectivity index (χ2n) is 4.50. The van der Waals surface area contributed by atoms with Gasteiger partial charge in [0.05, 0.1) is 0 Å². The van der Waals surface area contributed by atoms with Gasteiger partial charge in [0.1, 0.15) is 0 Å². The van der Waals surface area contributed by atoms with Crippen molar-refractivity contribution in [1.82, 2.24) is 0 Å². The molecule has 0 heteroatoms. The van der Waals surface area contributed by atoms with Crippen molar-refractivity contribution in [3.05, 3.63) is 39.3 Å². The van der Waals surface area contributed by atoms with Crippen LogP contribution in [0.25, 0.3) is 0 Å². The van der Waals surface area contributed by atoms with E-state index in [1.54, 1.807) is 0 Å². The minimum absolute atomic E-state index is 1.42. The molecule has 1 rings (SSSR count). The SMILES string of the molecule is C[C](C)c1c(C)c(C)c(C)c(C)c1C. The van der Waals surface area contributed by atoms with Gasteiger partial charge in [0.2, 0.25) is 0 Å².